The molecule has 1 saturated heterocycles. The van der Waals surface area contributed by atoms with Gasteiger partial charge in [-0.3, -0.25) is 9.69 Å². The maximum Gasteiger partial charge on any atom is 0.243 e. The first-order valence-corrected chi connectivity index (χ1v) is 10.7. The molecule has 1 fully saturated rings. The van der Waals surface area contributed by atoms with Crippen LogP contribution in [-0.4, -0.2) is 59.8 Å². The largest absolute Gasteiger partial charge is 0.396 e. The van der Waals surface area contributed by atoms with Crippen LogP contribution in [0.5, 0.6) is 0 Å². The van der Waals surface area contributed by atoms with Gasteiger partial charge in [0.25, 0.3) is 0 Å². The van der Waals surface area contributed by atoms with Crippen LogP contribution in [0.2, 0.25) is 0 Å². The first-order chi connectivity index (χ1) is 13.2. The van der Waals surface area contributed by atoms with Gasteiger partial charge in [0.1, 0.15) is 0 Å². The van der Waals surface area contributed by atoms with E-state index in [4.69, 9.17) is 10.8 Å². The lowest BCUT2D eigenvalue weighted by Crippen LogP contribution is -2.49. The van der Waals surface area contributed by atoms with E-state index in [0.29, 0.717) is 24.3 Å². The Morgan fingerprint density at radius 3 is 2.68 bits per heavy atom. The molecule has 28 heavy (non-hydrogen) atoms. The van der Waals surface area contributed by atoms with Crippen LogP contribution in [0.15, 0.2) is 6.07 Å². The molecule has 2 heterocycles. The van der Waals surface area contributed by atoms with Crippen LogP contribution in [0.1, 0.15) is 48.4 Å². The minimum absolute atomic E-state index is 0.00291. The number of hydrogen-bond acceptors (Lipinski definition) is 5. The van der Waals surface area contributed by atoms with E-state index in [-0.39, 0.29) is 37.0 Å². The third-order valence-electron chi connectivity index (χ3n) is 5.80. The van der Waals surface area contributed by atoms with Gasteiger partial charge in [-0.15, -0.1) is 11.3 Å². The van der Waals surface area contributed by atoms with Crippen molar-refractivity contribution in [2.24, 2.45) is 11.7 Å². The fourth-order valence-electron chi connectivity index (χ4n) is 4.29. The minimum atomic E-state index is -2.38. The number of piperidine rings is 1. The van der Waals surface area contributed by atoms with E-state index in [2.05, 4.69) is 18.7 Å². The van der Waals surface area contributed by atoms with Gasteiger partial charge in [-0.05, 0) is 50.8 Å². The summed E-state index contributed by atoms with van der Waals surface area (Å²) in [5.41, 5.74) is 6.29. The van der Waals surface area contributed by atoms with Crippen molar-refractivity contribution in [2.45, 2.75) is 63.8 Å². The number of carbonyl (C=O) groups is 1. The van der Waals surface area contributed by atoms with Gasteiger partial charge in [-0.1, -0.05) is 6.92 Å². The molecule has 1 aliphatic heterocycles. The second kappa shape index (κ2) is 10.1. The molecule has 1 aromatic rings. The summed E-state index contributed by atoms with van der Waals surface area (Å²) in [4.78, 5) is 15.6. The van der Waals surface area contributed by atoms with E-state index in [1.54, 1.807) is 0 Å². The Balaban J connectivity index is 2.16. The van der Waals surface area contributed by atoms with Crippen LogP contribution in [0.25, 0.3) is 0 Å². The number of carbonyl (C=O) groups excluding carboxylic acids is 1. The Morgan fingerprint density at radius 2 is 2.14 bits per heavy atom. The standard InChI is InChI=1S/C20H32F2N2O3S/c1-13-11-20(2,5-6-24(13)12-15(4-8-26)19(23)27)18-14(3-7-25)9-16(28-18)10-17(21)22/h9,13,15,17,25-26H,3-8,10-12H2,1-2H3,(H2,23,27)/t13-,15?,20-/m0/s1. The zero-order valence-electron chi connectivity index (χ0n) is 16.7. The first-order valence-electron chi connectivity index (χ1n) is 9.85. The van der Waals surface area contributed by atoms with E-state index in [9.17, 15) is 18.7 Å². The summed E-state index contributed by atoms with van der Waals surface area (Å²) in [6, 6.07) is 2.02. The molecule has 5 nitrogen and oxygen atoms in total. The Bertz CT molecular complexity index is 655. The van der Waals surface area contributed by atoms with Crippen molar-refractivity contribution in [3.8, 4) is 0 Å². The van der Waals surface area contributed by atoms with Gasteiger partial charge in [0.2, 0.25) is 12.3 Å². The Hall–Kier alpha value is -1.09. The summed E-state index contributed by atoms with van der Waals surface area (Å²) in [6.07, 6.45) is -0.108. The monoisotopic (exact) mass is 418 g/mol. The molecule has 1 unspecified atom stereocenters. The molecule has 4 N–H and O–H groups in total. The molecule has 0 saturated carbocycles. The van der Waals surface area contributed by atoms with Crippen molar-refractivity contribution < 1.29 is 23.8 Å². The maximum atomic E-state index is 12.8. The maximum absolute atomic E-state index is 12.8. The number of alkyl halides is 2. The average molecular weight is 419 g/mol. The highest BCUT2D eigenvalue weighted by atomic mass is 32.1. The van der Waals surface area contributed by atoms with Gasteiger partial charge in [0, 0.05) is 47.4 Å². The van der Waals surface area contributed by atoms with Crippen LogP contribution >= 0.6 is 11.3 Å². The van der Waals surface area contributed by atoms with E-state index in [1.165, 1.54) is 11.3 Å². The Morgan fingerprint density at radius 1 is 1.43 bits per heavy atom. The molecule has 1 aromatic heterocycles. The Kier molecular flexibility index (Phi) is 8.36. The summed E-state index contributed by atoms with van der Waals surface area (Å²) in [5, 5.41) is 18.6. The number of amides is 1. The predicted molar refractivity (Wildman–Crippen MR) is 107 cm³/mol. The highest BCUT2D eigenvalue weighted by Gasteiger charge is 2.39. The van der Waals surface area contributed by atoms with Crippen LogP contribution in [0.3, 0.4) is 0 Å². The van der Waals surface area contributed by atoms with Crippen LogP contribution < -0.4 is 5.73 Å². The quantitative estimate of drug-likeness (QED) is 0.544. The van der Waals surface area contributed by atoms with E-state index < -0.39 is 12.3 Å². The van der Waals surface area contributed by atoms with Crippen LogP contribution in [-0.2, 0) is 23.1 Å². The molecule has 0 aromatic carbocycles. The first kappa shape index (κ1) is 23.2. The van der Waals surface area contributed by atoms with Gasteiger partial charge in [-0.25, -0.2) is 8.78 Å². The molecule has 0 aliphatic carbocycles. The summed E-state index contributed by atoms with van der Waals surface area (Å²) in [5.74, 6) is -0.768. The molecule has 1 aliphatic rings. The smallest absolute Gasteiger partial charge is 0.243 e. The second-order valence-electron chi connectivity index (χ2n) is 8.11. The SMILES string of the molecule is C[C@H]1C[C@@](C)(c2sc(CC(F)F)cc2CCO)CCN1CC(CCO)C(N)=O. The number of aliphatic hydroxyl groups excluding tert-OH is 2. The van der Waals surface area contributed by atoms with Crippen LogP contribution in [0, 0.1) is 5.92 Å². The van der Waals surface area contributed by atoms with Crippen molar-refractivity contribution in [1.82, 2.24) is 4.90 Å². The van der Waals surface area contributed by atoms with Gasteiger partial charge in [0.15, 0.2) is 0 Å². The van der Waals surface area contributed by atoms with E-state index in [0.717, 1.165) is 29.8 Å². The molecule has 3 atom stereocenters. The summed E-state index contributed by atoms with van der Waals surface area (Å²) >= 11 is 1.45. The summed E-state index contributed by atoms with van der Waals surface area (Å²) < 4.78 is 25.7. The predicted octanol–water partition coefficient (Wildman–Crippen LogP) is 2.32. The molecule has 1 amide bonds. The minimum Gasteiger partial charge on any atom is -0.396 e. The summed E-state index contributed by atoms with van der Waals surface area (Å²) in [7, 11) is 0. The van der Waals surface area contributed by atoms with Crippen molar-refractivity contribution in [1.29, 1.82) is 0 Å². The normalized spacial score (nSPS) is 24.6. The third kappa shape index (κ3) is 5.72. The van der Waals surface area contributed by atoms with Crippen LogP contribution in [0.4, 0.5) is 8.78 Å². The number of aliphatic hydroxyl groups is 2. The zero-order valence-corrected chi connectivity index (χ0v) is 17.5. The third-order valence-corrected chi connectivity index (χ3v) is 7.31. The van der Waals surface area contributed by atoms with Crippen molar-refractivity contribution in [2.75, 3.05) is 26.3 Å². The number of halogens is 2. The van der Waals surface area contributed by atoms with Crippen molar-refractivity contribution >= 4 is 17.2 Å². The highest BCUT2D eigenvalue weighted by molar-refractivity contribution is 7.12. The van der Waals surface area contributed by atoms with E-state index in [1.807, 2.05) is 6.07 Å². The van der Waals surface area contributed by atoms with Gasteiger partial charge in [-0.2, -0.15) is 0 Å². The average Bonchev–Trinajstić information content (AvgIpc) is 2.99. The Labute approximate surface area is 169 Å². The lowest BCUT2D eigenvalue weighted by atomic mass is 9.74. The number of hydrogen-bond donors (Lipinski definition) is 3. The highest BCUT2D eigenvalue weighted by Crippen LogP contribution is 2.44. The van der Waals surface area contributed by atoms with E-state index >= 15 is 0 Å². The number of primary amides is 1. The molecule has 2 rings (SSSR count). The molecule has 8 heteroatoms. The van der Waals surface area contributed by atoms with Gasteiger partial charge in [0.05, 0.1) is 5.92 Å². The van der Waals surface area contributed by atoms with Crippen molar-refractivity contribution in [3.05, 3.63) is 21.4 Å². The zero-order chi connectivity index (χ0) is 20.9. The number of nitrogens with two attached hydrogens (primary N) is 1. The van der Waals surface area contributed by atoms with Gasteiger partial charge < -0.3 is 15.9 Å². The van der Waals surface area contributed by atoms with Gasteiger partial charge >= 0.3 is 0 Å². The number of nitrogens with zero attached hydrogens (tertiary/aromatic N) is 1. The lowest BCUT2D eigenvalue weighted by molar-refractivity contribution is -0.123. The molecular weight excluding hydrogens is 386 g/mol. The molecule has 160 valence electrons. The molecule has 0 radical (unpaired) electrons. The number of rotatable bonds is 10. The molecule has 0 bridgehead atoms. The fourth-order valence-corrected chi connectivity index (χ4v) is 5.69. The summed E-state index contributed by atoms with van der Waals surface area (Å²) in [6.45, 7) is 5.50. The lowest BCUT2D eigenvalue weighted by Gasteiger charge is -2.44. The molecular formula is C20H32F2N2O3S. The number of likely N-dealkylation sites (tertiary alicyclic amines) is 1. The topological polar surface area (TPSA) is 86.8 Å². The molecule has 0 spiro atoms. The fraction of sp³-hybridized carbons (Fsp3) is 0.750. The number of thiophene rings is 1. The second-order valence-corrected chi connectivity index (χ2v) is 9.24. The van der Waals surface area contributed by atoms with Crippen molar-refractivity contribution in [3.63, 3.8) is 0 Å².